The van der Waals surface area contributed by atoms with Crippen LogP contribution >= 0.6 is 0 Å². The number of ether oxygens (including phenoxy) is 2. The van der Waals surface area contributed by atoms with E-state index in [1.165, 1.54) is 0 Å². The average Bonchev–Trinajstić information content (AvgIpc) is 2.41. The Morgan fingerprint density at radius 3 is 2.83 bits per heavy atom. The molecule has 0 saturated carbocycles. The second-order valence-corrected chi connectivity index (χ2v) is 4.58. The Balaban J connectivity index is 2.29. The van der Waals surface area contributed by atoms with Gasteiger partial charge in [-0.3, -0.25) is 0 Å². The van der Waals surface area contributed by atoms with Crippen LogP contribution in [0.4, 0.5) is 5.82 Å². The van der Waals surface area contributed by atoms with Gasteiger partial charge in [-0.1, -0.05) is 6.92 Å². The molecule has 18 heavy (non-hydrogen) atoms. The molecule has 0 spiro atoms. The molecule has 0 unspecified atom stereocenters. The molecule has 1 atom stereocenters. The van der Waals surface area contributed by atoms with Gasteiger partial charge in [0, 0.05) is 13.1 Å². The van der Waals surface area contributed by atoms with Crippen molar-refractivity contribution < 1.29 is 9.47 Å². The van der Waals surface area contributed by atoms with Crippen molar-refractivity contribution in [1.29, 1.82) is 0 Å². The summed E-state index contributed by atoms with van der Waals surface area (Å²) in [6, 6.07) is 0. The zero-order valence-electron chi connectivity index (χ0n) is 11.6. The maximum absolute atomic E-state index is 5.69. The molecule has 0 aromatic carbocycles. The molecule has 0 aliphatic carbocycles. The van der Waals surface area contributed by atoms with Crippen molar-refractivity contribution in [2.75, 3.05) is 31.7 Å². The Bertz CT molecular complexity index is 423. The van der Waals surface area contributed by atoms with Gasteiger partial charge in [0.15, 0.2) is 0 Å². The van der Waals surface area contributed by atoms with Crippen molar-refractivity contribution in [2.45, 2.75) is 33.3 Å². The maximum atomic E-state index is 5.69. The smallest absolute Gasteiger partial charge is 0.221 e. The summed E-state index contributed by atoms with van der Waals surface area (Å²) in [7, 11) is 1.65. The van der Waals surface area contributed by atoms with E-state index in [4.69, 9.17) is 9.47 Å². The molecule has 0 radical (unpaired) electrons. The lowest BCUT2D eigenvalue weighted by Crippen LogP contribution is -2.43. The van der Waals surface area contributed by atoms with E-state index in [9.17, 15) is 0 Å². The van der Waals surface area contributed by atoms with Gasteiger partial charge in [-0.2, -0.15) is 4.98 Å². The second-order valence-electron chi connectivity index (χ2n) is 4.58. The topological polar surface area (TPSA) is 47.5 Å². The molecule has 0 N–H and O–H groups in total. The molecule has 1 aliphatic rings. The van der Waals surface area contributed by atoms with Crippen LogP contribution in [-0.2, 0) is 4.74 Å². The molecule has 2 heterocycles. The summed E-state index contributed by atoms with van der Waals surface area (Å²) in [5, 5.41) is 0. The summed E-state index contributed by atoms with van der Waals surface area (Å²) in [5.74, 6) is 2.38. The van der Waals surface area contributed by atoms with Crippen LogP contribution in [0.3, 0.4) is 0 Å². The molecule has 0 bridgehead atoms. The number of methoxy groups -OCH3 is 1. The minimum atomic E-state index is 0.291. The van der Waals surface area contributed by atoms with E-state index < -0.39 is 0 Å². The maximum Gasteiger partial charge on any atom is 0.221 e. The van der Waals surface area contributed by atoms with Crippen molar-refractivity contribution >= 4 is 5.82 Å². The van der Waals surface area contributed by atoms with E-state index in [0.717, 1.165) is 43.3 Å². The lowest BCUT2D eigenvalue weighted by molar-refractivity contribution is 0.0381. The zero-order valence-corrected chi connectivity index (χ0v) is 11.6. The summed E-state index contributed by atoms with van der Waals surface area (Å²) in [6.45, 7) is 8.55. The largest absolute Gasteiger partial charge is 0.481 e. The van der Waals surface area contributed by atoms with Crippen molar-refractivity contribution in [3.05, 3.63) is 11.4 Å². The van der Waals surface area contributed by atoms with Crippen LogP contribution in [0.15, 0.2) is 0 Å². The molecule has 1 aliphatic heterocycles. The van der Waals surface area contributed by atoms with E-state index in [0.29, 0.717) is 12.0 Å². The van der Waals surface area contributed by atoms with E-state index >= 15 is 0 Å². The van der Waals surface area contributed by atoms with Gasteiger partial charge in [0.25, 0.3) is 0 Å². The molecule has 1 aromatic heterocycles. The Hall–Kier alpha value is -1.36. The summed E-state index contributed by atoms with van der Waals surface area (Å²) < 4.78 is 11.0. The number of hydrogen-bond donors (Lipinski definition) is 0. The van der Waals surface area contributed by atoms with Gasteiger partial charge in [0.2, 0.25) is 5.88 Å². The molecule has 2 rings (SSSR count). The number of aromatic nitrogens is 2. The van der Waals surface area contributed by atoms with Gasteiger partial charge in [-0.15, -0.1) is 0 Å². The van der Waals surface area contributed by atoms with Gasteiger partial charge in [0.1, 0.15) is 11.6 Å². The first kappa shape index (κ1) is 13.1. The molecular formula is C13H21N3O2. The predicted molar refractivity (Wildman–Crippen MR) is 70.3 cm³/mol. The van der Waals surface area contributed by atoms with Crippen LogP contribution in [0.2, 0.25) is 0 Å². The normalized spacial score (nSPS) is 20.0. The summed E-state index contributed by atoms with van der Waals surface area (Å²) in [6.07, 6.45) is 1.32. The number of morpholine rings is 1. The minimum Gasteiger partial charge on any atom is -0.481 e. The third kappa shape index (κ3) is 2.56. The number of aryl methyl sites for hydroxylation is 1. The van der Waals surface area contributed by atoms with Gasteiger partial charge < -0.3 is 14.4 Å². The molecule has 0 amide bonds. The number of rotatable bonds is 3. The monoisotopic (exact) mass is 251 g/mol. The van der Waals surface area contributed by atoms with Crippen LogP contribution in [0.1, 0.15) is 24.7 Å². The van der Waals surface area contributed by atoms with E-state index in [2.05, 4.69) is 21.8 Å². The summed E-state index contributed by atoms with van der Waals surface area (Å²) in [4.78, 5) is 11.1. The highest BCUT2D eigenvalue weighted by molar-refractivity contribution is 5.51. The number of nitrogens with zero attached hydrogens (tertiary/aromatic N) is 3. The Morgan fingerprint density at radius 1 is 1.39 bits per heavy atom. The fourth-order valence-corrected chi connectivity index (χ4v) is 2.25. The molecule has 1 aromatic rings. The van der Waals surface area contributed by atoms with Gasteiger partial charge >= 0.3 is 0 Å². The van der Waals surface area contributed by atoms with Crippen LogP contribution in [-0.4, -0.2) is 42.9 Å². The van der Waals surface area contributed by atoms with Crippen molar-refractivity contribution in [1.82, 2.24) is 9.97 Å². The lowest BCUT2D eigenvalue weighted by Gasteiger charge is -2.34. The quantitative estimate of drug-likeness (QED) is 0.818. The highest BCUT2D eigenvalue weighted by Gasteiger charge is 2.23. The first-order valence-electron chi connectivity index (χ1n) is 6.41. The van der Waals surface area contributed by atoms with Crippen molar-refractivity contribution in [3.8, 4) is 5.88 Å². The van der Waals surface area contributed by atoms with Crippen LogP contribution < -0.4 is 9.64 Å². The molecule has 1 fully saturated rings. The van der Waals surface area contributed by atoms with Gasteiger partial charge in [-0.05, 0) is 20.3 Å². The Labute approximate surface area is 108 Å². The average molecular weight is 251 g/mol. The zero-order chi connectivity index (χ0) is 13.1. The minimum absolute atomic E-state index is 0.291. The standard InChI is InChI=1S/C13H21N3O2/c1-5-11-8-16(6-7-18-11)12-9(2)13(17-4)15-10(3)14-12/h11H,5-8H2,1-4H3/t11-/m1/s1. The Morgan fingerprint density at radius 2 is 2.17 bits per heavy atom. The number of anilines is 1. The Kier molecular flexibility index (Phi) is 4.01. The van der Waals surface area contributed by atoms with Gasteiger partial charge in [-0.25, -0.2) is 4.98 Å². The van der Waals surface area contributed by atoms with Gasteiger partial charge in [0.05, 0.1) is 25.4 Å². The lowest BCUT2D eigenvalue weighted by atomic mass is 10.2. The first-order chi connectivity index (χ1) is 8.65. The van der Waals surface area contributed by atoms with E-state index in [1.54, 1.807) is 7.11 Å². The highest BCUT2D eigenvalue weighted by Crippen LogP contribution is 2.26. The van der Waals surface area contributed by atoms with Crippen LogP contribution in [0, 0.1) is 13.8 Å². The highest BCUT2D eigenvalue weighted by atomic mass is 16.5. The molecule has 5 nitrogen and oxygen atoms in total. The van der Waals surface area contributed by atoms with E-state index in [1.807, 2.05) is 13.8 Å². The SMILES string of the molecule is CC[C@@H]1CN(c2nc(C)nc(OC)c2C)CCO1. The molecular weight excluding hydrogens is 230 g/mol. The fourth-order valence-electron chi connectivity index (χ4n) is 2.25. The third-order valence-corrected chi connectivity index (χ3v) is 3.27. The van der Waals surface area contributed by atoms with Crippen LogP contribution in [0.25, 0.3) is 0 Å². The fraction of sp³-hybridized carbons (Fsp3) is 0.692. The summed E-state index contributed by atoms with van der Waals surface area (Å²) in [5.41, 5.74) is 1.000. The van der Waals surface area contributed by atoms with Crippen molar-refractivity contribution in [2.24, 2.45) is 0 Å². The van der Waals surface area contributed by atoms with Crippen molar-refractivity contribution in [3.63, 3.8) is 0 Å². The molecule has 1 saturated heterocycles. The second kappa shape index (κ2) is 5.52. The molecule has 100 valence electrons. The number of hydrogen-bond acceptors (Lipinski definition) is 5. The summed E-state index contributed by atoms with van der Waals surface area (Å²) >= 11 is 0. The first-order valence-corrected chi connectivity index (χ1v) is 6.41. The molecule has 5 heteroatoms. The predicted octanol–water partition coefficient (Wildman–Crippen LogP) is 1.72. The third-order valence-electron chi connectivity index (χ3n) is 3.27. The van der Waals surface area contributed by atoms with Crippen LogP contribution in [0.5, 0.6) is 5.88 Å². The van der Waals surface area contributed by atoms with E-state index in [-0.39, 0.29) is 0 Å².